The van der Waals surface area contributed by atoms with Gasteiger partial charge in [0.2, 0.25) is 0 Å². The SMILES string of the molecule is O=C(c1cc(C(F)(F)F)ccc1F)N(CCO)C1CC1. The van der Waals surface area contributed by atoms with E-state index in [1.54, 1.807) is 0 Å². The summed E-state index contributed by atoms with van der Waals surface area (Å²) in [4.78, 5) is 13.3. The molecule has 0 radical (unpaired) electrons. The number of aliphatic hydroxyl groups excluding tert-OH is 1. The number of benzene rings is 1. The first-order chi connectivity index (χ1) is 9.34. The Morgan fingerprint density at radius 2 is 2.00 bits per heavy atom. The zero-order valence-corrected chi connectivity index (χ0v) is 10.5. The second-order valence-corrected chi connectivity index (χ2v) is 4.65. The lowest BCUT2D eigenvalue weighted by Crippen LogP contribution is -2.36. The van der Waals surface area contributed by atoms with Crippen LogP contribution in [-0.2, 0) is 6.18 Å². The molecule has 2 rings (SSSR count). The Labute approximate surface area is 112 Å². The van der Waals surface area contributed by atoms with E-state index in [-0.39, 0.29) is 19.2 Å². The maximum absolute atomic E-state index is 13.6. The zero-order valence-electron chi connectivity index (χ0n) is 10.5. The third-order valence-corrected chi connectivity index (χ3v) is 3.11. The van der Waals surface area contributed by atoms with E-state index in [9.17, 15) is 22.4 Å². The van der Waals surface area contributed by atoms with Crippen molar-refractivity contribution >= 4 is 5.91 Å². The number of halogens is 4. The molecule has 1 aromatic carbocycles. The number of carbonyl (C=O) groups excluding carboxylic acids is 1. The average molecular weight is 291 g/mol. The van der Waals surface area contributed by atoms with Gasteiger partial charge in [-0.2, -0.15) is 13.2 Å². The van der Waals surface area contributed by atoms with Crippen LogP contribution in [0.3, 0.4) is 0 Å². The molecule has 1 fully saturated rings. The van der Waals surface area contributed by atoms with Gasteiger partial charge in [0.05, 0.1) is 17.7 Å². The maximum Gasteiger partial charge on any atom is 0.416 e. The van der Waals surface area contributed by atoms with Crippen LogP contribution in [0.2, 0.25) is 0 Å². The van der Waals surface area contributed by atoms with Crippen molar-refractivity contribution < 1.29 is 27.5 Å². The van der Waals surface area contributed by atoms with Crippen molar-refractivity contribution in [3.63, 3.8) is 0 Å². The van der Waals surface area contributed by atoms with E-state index in [0.29, 0.717) is 31.0 Å². The number of aliphatic hydroxyl groups is 1. The van der Waals surface area contributed by atoms with Crippen LogP contribution in [-0.4, -0.2) is 35.1 Å². The summed E-state index contributed by atoms with van der Waals surface area (Å²) in [5, 5.41) is 8.89. The number of hydrogen-bond acceptors (Lipinski definition) is 2. The van der Waals surface area contributed by atoms with Gasteiger partial charge in [0.1, 0.15) is 5.82 Å². The van der Waals surface area contributed by atoms with Gasteiger partial charge in [-0.25, -0.2) is 4.39 Å². The van der Waals surface area contributed by atoms with E-state index >= 15 is 0 Å². The molecule has 110 valence electrons. The molecule has 0 aliphatic heterocycles. The molecule has 0 aromatic heterocycles. The van der Waals surface area contributed by atoms with Crippen molar-refractivity contribution in [1.29, 1.82) is 0 Å². The molecule has 0 atom stereocenters. The second-order valence-electron chi connectivity index (χ2n) is 4.65. The van der Waals surface area contributed by atoms with Gasteiger partial charge in [0.15, 0.2) is 0 Å². The van der Waals surface area contributed by atoms with Crippen LogP contribution in [0.15, 0.2) is 18.2 Å². The first-order valence-electron chi connectivity index (χ1n) is 6.13. The van der Waals surface area contributed by atoms with Gasteiger partial charge in [0.25, 0.3) is 5.91 Å². The van der Waals surface area contributed by atoms with Gasteiger partial charge in [-0.3, -0.25) is 4.79 Å². The largest absolute Gasteiger partial charge is 0.416 e. The molecule has 0 heterocycles. The number of amides is 1. The molecule has 0 unspecified atom stereocenters. The standard InChI is InChI=1S/C13H13F4NO2/c14-11-4-1-8(13(15,16)17)7-10(11)12(20)18(5-6-19)9-2-3-9/h1,4,7,9,19H,2-3,5-6H2. The number of carbonyl (C=O) groups is 1. The van der Waals surface area contributed by atoms with Crippen molar-refractivity contribution in [2.75, 3.05) is 13.2 Å². The molecule has 1 saturated carbocycles. The van der Waals surface area contributed by atoms with Gasteiger partial charge < -0.3 is 10.0 Å². The van der Waals surface area contributed by atoms with E-state index in [1.807, 2.05) is 0 Å². The van der Waals surface area contributed by atoms with E-state index in [2.05, 4.69) is 0 Å². The predicted molar refractivity (Wildman–Crippen MR) is 62.5 cm³/mol. The summed E-state index contributed by atoms with van der Waals surface area (Å²) in [6.45, 7) is -0.331. The highest BCUT2D eigenvalue weighted by atomic mass is 19.4. The molecule has 1 amide bonds. The Morgan fingerprint density at radius 1 is 1.35 bits per heavy atom. The zero-order chi connectivity index (χ0) is 14.9. The minimum absolute atomic E-state index is 0.0147. The molecule has 20 heavy (non-hydrogen) atoms. The monoisotopic (exact) mass is 291 g/mol. The summed E-state index contributed by atoms with van der Waals surface area (Å²) in [6, 6.07) is 1.63. The third-order valence-electron chi connectivity index (χ3n) is 3.11. The summed E-state index contributed by atoms with van der Waals surface area (Å²) >= 11 is 0. The van der Waals surface area contributed by atoms with E-state index in [1.165, 1.54) is 4.90 Å². The maximum atomic E-state index is 13.6. The van der Waals surface area contributed by atoms with Crippen molar-refractivity contribution in [3.8, 4) is 0 Å². The summed E-state index contributed by atoms with van der Waals surface area (Å²) < 4.78 is 51.4. The minimum atomic E-state index is -4.63. The fourth-order valence-corrected chi connectivity index (χ4v) is 1.96. The Kier molecular flexibility index (Phi) is 3.99. The molecular weight excluding hydrogens is 278 g/mol. The number of rotatable bonds is 4. The molecule has 3 nitrogen and oxygen atoms in total. The predicted octanol–water partition coefficient (Wildman–Crippen LogP) is 2.44. The van der Waals surface area contributed by atoms with E-state index < -0.39 is 29.0 Å². The molecule has 0 saturated heterocycles. The third kappa shape index (κ3) is 3.09. The molecule has 0 spiro atoms. The van der Waals surface area contributed by atoms with Crippen LogP contribution in [0.25, 0.3) is 0 Å². The van der Waals surface area contributed by atoms with E-state index in [4.69, 9.17) is 5.11 Å². The highest BCUT2D eigenvalue weighted by Gasteiger charge is 2.36. The Balaban J connectivity index is 2.32. The summed E-state index contributed by atoms with van der Waals surface area (Å²) in [6.07, 6.45) is -3.21. The van der Waals surface area contributed by atoms with Crippen LogP contribution in [0.1, 0.15) is 28.8 Å². The topological polar surface area (TPSA) is 40.5 Å². The molecule has 0 bridgehead atoms. The summed E-state index contributed by atoms with van der Waals surface area (Å²) in [5.74, 6) is -1.81. The first-order valence-corrected chi connectivity index (χ1v) is 6.13. The second kappa shape index (κ2) is 5.40. The van der Waals surface area contributed by atoms with Gasteiger partial charge >= 0.3 is 6.18 Å². The van der Waals surface area contributed by atoms with Gasteiger partial charge in [-0.1, -0.05) is 0 Å². The molecular formula is C13H13F4NO2. The van der Waals surface area contributed by atoms with Crippen molar-refractivity contribution in [2.24, 2.45) is 0 Å². The quantitative estimate of drug-likeness (QED) is 0.866. The number of nitrogens with zero attached hydrogens (tertiary/aromatic N) is 1. The highest BCUT2D eigenvalue weighted by molar-refractivity contribution is 5.95. The lowest BCUT2D eigenvalue weighted by atomic mass is 10.1. The summed E-state index contributed by atoms with van der Waals surface area (Å²) in [5.41, 5.74) is -1.68. The smallest absolute Gasteiger partial charge is 0.395 e. The molecule has 1 aromatic rings. The average Bonchev–Trinajstić information content (AvgIpc) is 3.18. The van der Waals surface area contributed by atoms with Crippen molar-refractivity contribution in [2.45, 2.75) is 25.1 Å². The minimum Gasteiger partial charge on any atom is -0.395 e. The first kappa shape index (κ1) is 14.8. The van der Waals surface area contributed by atoms with Gasteiger partial charge in [0, 0.05) is 12.6 Å². The lowest BCUT2D eigenvalue weighted by Gasteiger charge is -2.22. The summed E-state index contributed by atoms with van der Waals surface area (Å²) in [7, 11) is 0. The van der Waals surface area contributed by atoms with Crippen LogP contribution < -0.4 is 0 Å². The lowest BCUT2D eigenvalue weighted by molar-refractivity contribution is -0.137. The normalized spacial score (nSPS) is 15.2. The van der Waals surface area contributed by atoms with Crippen LogP contribution in [0.5, 0.6) is 0 Å². The Morgan fingerprint density at radius 3 is 2.50 bits per heavy atom. The fourth-order valence-electron chi connectivity index (χ4n) is 1.96. The number of alkyl halides is 3. The number of hydrogen-bond donors (Lipinski definition) is 1. The van der Waals surface area contributed by atoms with Crippen LogP contribution in [0, 0.1) is 5.82 Å². The molecule has 1 aliphatic rings. The Hall–Kier alpha value is -1.63. The fraction of sp³-hybridized carbons (Fsp3) is 0.462. The van der Waals surface area contributed by atoms with Gasteiger partial charge in [-0.15, -0.1) is 0 Å². The van der Waals surface area contributed by atoms with Crippen LogP contribution in [0.4, 0.5) is 17.6 Å². The Bertz CT molecular complexity index is 512. The van der Waals surface area contributed by atoms with Crippen LogP contribution >= 0.6 is 0 Å². The van der Waals surface area contributed by atoms with Gasteiger partial charge in [-0.05, 0) is 31.0 Å². The van der Waals surface area contributed by atoms with Crippen molar-refractivity contribution in [1.82, 2.24) is 4.90 Å². The van der Waals surface area contributed by atoms with E-state index in [0.717, 1.165) is 0 Å². The highest BCUT2D eigenvalue weighted by Crippen LogP contribution is 2.32. The molecule has 1 N–H and O–H groups in total. The van der Waals surface area contributed by atoms with Crippen molar-refractivity contribution in [3.05, 3.63) is 35.1 Å². The molecule has 7 heteroatoms. The molecule has 1 aliphatic carbocycles.